The van der Waals surface area contributed by atoms with E-state index in [0.717, 1.165) is 5.56 Å². The topological polar surface area (TPSA) is 86.6 Å². The molecule has 0 aliphatic rings. The van der Waals surface area contributed by atoms with E-state index < -0.39 is 23.9 Å². The third-order valence-electron chi connectivity index (χ3n) is 3.25. The first kappa shape index (κ1) is 17.5. The average Bonchev–Trinajstić information content (AvgIpc) is 2.47. The Morgan fingerprint density at radius 2 is 1.76 bits per heavy atom. The summed E-state index contributed by atoms with van der Waals surface area (Å²) >= 11 is 1.53. The van der Waals surface area contributed by atoms with Gasteiger partial charge in [-0.25, -0.2) is 0 Å². The van der Waals surface area contributed by atoms with E-state index in [1.165, 1.54) is 11.8 Å². The summed E-state index contributed by atoms with van der Waals surface area (Å²) in [5, 5.41) is 20.7. The highest BCUT2D eigenvalue weighted by atomic mass is 32.2. The van der Waals surface area contributed by atoms with Crippen LogP contribution in [-0.4, -0.2) is 40.0 Å². The van der Waals surface area contributed by atoms with Crippen molar-refractivity contribution in [2.45, 2.75) is 30.9 Å². The average molecular weight is 311 g/mol. The maximum Gasteiger partial charge on any atom is 0.320 e. The minimum atomic E-state index is -0.940. The molecule has 1 aromatic carbocycles. The molecule has 0 aliphatic carbocycles. The Kier molecular flexibility index (Phi) is 7.25. The first-order chi connectivity index (χ1) is 9.91. The summed E-state index contributed by atoms with van der Waals surface area (Å²) < 4.78 is 0. The van der Waals surface area contributed by atoms with Crippen LogP contribution < -0.4 is 5.32 Å². The fourth-order valence-electron chi connectivity index (χ4n) is 1.70. The van der Waals surface area contributed by atoms with Crippen LogP contribution in [0.25, 0.3) is 0 Å². The van der Waals surface area contributed by atoms with Crippen molar-refractivity contribution in [3.8, 4) is 0 Å². The molecule has 0 fully saturated rings. The van der Waals surface area contributed by atoms with E-state index in [1.807, 2.05) is 30.3 Å². The van der Waals surface area contributed by atoms with Crippen molar-refractivity contribution in [2.24, 2.45) is 5.92 Å². The van der Waals surface area contributed by atoms with Crippen molar-refractivity contribution in [2.75, 3.05) is 6.54 Å². The molecule has 0 amide bonds. The van der Waals surface area contributed by atoms with Crippen LogP contribution in [-0.2, 0) is 15.3 Å². The van der Waals surface area contributed by atoms with E-state index in [4.69, 9.17) is 10.2 Å². The summed E-state index contributed by atoms with van der Waals surface area (Å²) in [5.41, 5.74) is 1.12. The standard InChI is InChI=1S/C15H21NO4S/c1-10(14(17)18)13(8-16-11(2)15(19)20)21-9-12-6-4-3-5-7-12/h3-7,10-11,13,16H,8-9H2,1-2H3,(H,17,18)(H,19,20)/t10-,11-,13?/m0/s1. The van der Waals surface area contributed by atoms with Crippen molar-refractivity contribution in [1.29, 1.82) is 0 Å². The van der Waals surface area contributed by atoms with Gasteiger partial charge in [-0.3, -0.25) is 9.59 Å². The second kappa shape index (κ2) is 8.69. The summed E-state index contributed by atoms with van der Waals surface area (Å²) in [6, 6.07) is 9.10. The van der Waals surface area contributed by atoms with Gasteiger partial charge in [-0.1, -0.05) is 37.3 Å². The van der Waals surface area contributed by atoms with E-state index in [-0.39, 0.29) is 5.25 Å². The van der Waals surface area contributed by atoms with Gasteiger partial charge >= 0.3 is 11.9 Å². The fraction of sp³-hybridized carbons (Fsp3) is 0.467. The highest BCUT2D eigenvalue weighted by molar-refractivity contribution is 7.99. The SMILES string of the molecule is C[C@H](NCC(SCc1ccccc1)[C@H](C)C(=O)O)C(=O)O. The second-order valence-electron chi connectivity index (χ2n) is 4.93. The number of benzene rings is 1. The number of nitrogens with one attached hydrogen (secondary N) is 1. The molecule has 6 heteroatoms. The van der Waals surface area contributed by atoms with E-state index in [0.29, 0.717) is 12.3 Å². The lowest BCUT2D eigenvalue weighted by molar-refractivity contribution is -0.141. The summed E-state index contributed by atoms with van der Waals surface area (Å²) in [5.74, 6) is -1.66. The Balaban J connectivity index is 2.60. The van der Waals surface area contributed by atoms with Gasteiger partial charge in [-0.05, 0) is 12.5 Å². The molecule has 0 aliphatic heterocycles. The quantitative estimate of drug-likeness (QED) is 0.647. The van der Waals surface area contributed by atoms with Crippen LogP contribution in [0, 0.1) is 5.92 Å². The van der Waals surface area contributed by atoms with E-state index in [9.17, 15) is 9.59 Å². The molecule has 5 nitrogen and oxygen atoms in total. The summed E-state index contributed by atoms with van der Waals surface area (Å²) in [6.07, 6.45) is 0. The van der Waals surface area contributed by atoms with Crippen LogP contribution in [0.2, 0.25) is 0 Å². The number of carbonyl (C=O) groups is 2. The van der Waals surface area contributed by atoms with Gasteiger partial charge in [0.2, 0.25) is 0 Å². The summed E-state index contributed by atoms with van der Waals surface area (Å²) in [6.45, 7) is 3.54. The van der Waals surface area contributed by atoms with Crippen molar-refractivity contribution >= 4 is 23.7 Å². The van der Waals surface area contributed by atoms with Crippen LogP contribution >= 0.6 is 11.8 Å². The molecule has 1 rings (SSSR count). The Morgan fingerprint density at radius 1 is 1.14 bits per heavy atom. The van der Waals surface area contributed by atoms with E-state index >= 15 is 0 Å². The predicted molar refractivity (Wildman–Crippen MR) is 83.4 cm³/mol. The number of hydrogen-bond acceptors (Lipinski definition) is 4. The molecule has 0 radical (unpaired) electrons. The van der Waals surface area contributed by atoms with Crippen LogP contribution in [0.3, 0.4) is 0 Å². The van der Waals surface area contributed by atoms with Gasteiger partial charge in [0.25, 0.3) is 0 Å². The van der Waals surface area contributed by atoms with Gasteiger partial charge in [-0.15, -0.1) is 0 Å². The molecule has 1 unspecified atom stereocenters. The van der Waals surface area contributed by atoms with Gasteiger partial charge in [0.15, 0.2) is 0 Å². The lowest BCUT2D eigenvalue weighted by Gasteiger charge is -2.22. The minimum absolute atomic E-state index is 0.190. The van der Waals surface area contributed by atoms with Gasteiger partial charge in [0.1, 0.15) is 6.04 Å². The van der Waals surface area contributed by atoms with E-state index in [2.05, 4.69) is 5.32 Å². The minimum Gasteiger partial charge on any atom is -0.481 e. The normalized spacial score (nSPS) is 15.1. The predicted octanol–water partition coefficient (Wildman–Crippen LogP) is 2.07. The number of carboxylic acid groups (broad SMARTS) is 2. The Morgan fingerprint density at radius 3 is 2.29 bits per heavy atom. The third kappa shape index (κ3) is 6.18. The lowest BCUT2D eigenvalue weighted by Crippen LogP contribution is -2.41. The van der Waals surface area contributed by atoms with Crippen molar-refractivity contribution < 1.29 is 19.8 Å². The third-order valence-corrected chi connectivity index (χ3v) is 4.75. The highest BCUT2D eigenvalue weighted by Crippen LogP contribution is 2.24. The zero-order chi connectivity index (χ0) is 15.8. The highest BCUT2D eigenvalue weighted by Gasteiger charge is 2.25. The number of thioether (sulfide) groups is 1. The first-order valence-electron chi connectivity index (χ1n) is 6.76. The lowest BCUT2D eigenvalue weighted by atomic mass is 10.1. The van der Waals surface area contributed by atoms with Crippen LogP contribution in [0.15, 0.2) is 30.3 Å². The smallest absolute Gasteiger partial charge is 0.320 e. The van der Waals surface area contributed by atoms with Gasteiger partial charge in [0.05, 0.1) is 5.92 Å². The monoisotopic (exact) mass is 311 g/mol. The van der Waals surface area contributed by atoms with Crippen molar-refractivity contribution in [3.05, 3.63) is 35.9 Å². The number of carboxylic acids is 2. The zero-order valence-corrected chi connectivity index (χ0v) is 13.0. The largest absolute Gasteiger partial charge is 0.481 e. The Hall–Kier alpha value is -1.53. The first-order valence-corrected chi connectivity index (χ1v) is 7.81. The molecule has 0 spiro atoms. The van der Waals surface area contributed by atoms with Crippen LogP contribution in [0.4, 0.5) is 0 Å². The molecule has 3 N–H and O–H groups in total. The number of aliphatic carboxylic acids is 2. The molecule has 116 valence electrons. The van der Waals surface area contributed by atoms with Crippen molar-refractivity contribution in [3.63, 3.8) is 0 Å². The number of rotatable bonds is 9. The molecular weight excluding hydrogens is 290 g/mol. The van der Waals surface area contributed by atoms with Crippen molar-refractivity contribution in [1.82, 2.24) is 5.32 Å². The maximum atomic E-state index is 11.2. The fourth-order valence-corrected chi connectivity index (χ4v) is 2.91. The molecule has 0 bridgehead atoms. The Labute approximate surface area is 128 Å². The van der Waals surface area contributed by atoms with E-state index in [1.54, 1.807) is 13.8 Å². The second-order valence-corrected chi connectivity index (χ2v) is 6.16. The number of hydrogen-bond donors (Lipinski definition) is 3. The van der Waals surface area contributed by atoms with Gasteiger partial charge < -0.3 is 15.5 Å². The molecule has 0 saturated carbocycles. The molecule has 0 saturated heterocycles. The summed E-state index contributed by atoms with van der Waals surface area (Å²) in [7, 11) is 0. The Bertz CT molecular complexity index is 466. The summed E-state index contributed by atoms with van der Waals surface area (Å²) in [4.78, 5) is 22.0. The van der Waals surface area contributed by atoms with Crippen LogP contribution in [0.1, 0.15) is 19.4 Å². The molecule has 0 aromatic heterocycles. The molecule has 21 heavy (non-hydrogen) atoms. The van der Waals surface area contributed by atoms with Crippen LogP contribution in [0.5, 0.6) is 0 Å². The maximum absolute atomic E-state index is 11.2. The molecule has 0 heterocycles. The molecular formula is C15H21NO4S. The van der Waals surface area contributed by atoms with Gasteiger partial charge in [-0.2, -0.15) is 11.8 Å². The molecule has 3 atom stereocenters. The van der Waals surface area contributed by atoms with Gasteiger partial charge in [0, 0.05) is 17.5 Å². The molecule has 1 aromatic rings. The zero-order valence-electron chi connectivity index (χ0n) is 12.2.